The maximum absolute atomic E-state index is 6.27. The Bertz CT molecular complexity index is 893. The lowest BCUT2D eigenvalue weighted by atomic mass is 10.0. The number of aromatic nitrogens is 2. The van der Waals surface area contributed by atoms with Crippen LogP contribution in [-0.2, 0) is 6.42 Å². The SMILES string of the molecule is CC1CCCN1CCc1cc2ccc(-c3ccncc3Cl)cc2cn1. The molecule has 0 saturated carbocycles. The smallest absolute Gasteiger partial charge is 0.0667 e. The highest BCUT2D eigenvalue weighted by Gasteiger charge is 2.19. The van der Waals surface area contributed by atoms with Crippen LogP contribution in [-0.4, -0.2) is 34.0 Å². The van der Waals surface area contributed by atoms with Gasteiger partial charge in [0.2, 0.25) is 0 Å². The summed E-state index contributed by atoms with van der Waals surface area (Å²) in [5, 5.41) is 3.04. The van der Waals surface area contributed by atoms with E-state index in [1.807, 2.05) is 12.3 Å². The van der Waals surface area contributed by atoms with Crippen LogP contribution in [0.15, 0.2) is 48.9 Å². The second kappa shape index (κ2) is 7.11. The molecule has 0 aliphatic carbocycles. The molecule has 1 fully saturated rings. The van der Waals surface area contributed by atoms with Gasteiger partial charge in [-0.1, -0.05) is 23.7 Å². The third-order valence-corrected chi connectivity index (χ3v) is 5.51. The highest BCUT2D eigenvalue weighted by atomic mass is 35.5. The summed E-state index contributed by atoms with van der Waals surface area (Å²) < 4.78 is 0. The van der Waals surface area contributed by atoms with E-state index in [2.05, 4.69) is 46.1 Å². The van der Waals surface area contributed by atoms with Crippen LogP contribution in [0, 0.1) is 0 Å². The van der Waals surface area contributed by atoms with Gasteiger partial charge in [0.1, 0.15) is 0 Å². The number of hydrogen-bond acceptors (Lipinski definition) is 3. The largest absolute Gasteiger partial charge is 0.300 e. The molecular weight excluding hydrogens is 330 g/mol. The first kappa shape index (κ1) is 16.5. The number of nitrogens with zero attached hydrogens (tertiary/aromatic N) is 3. The van der Waals surface area contributed by atoms with Crippen LogP contribution in [0.25, 0.3) is 21.9 Å². The Morgan fingerprint density at radius 3 is 2.88 bits per heavy atom. The third-order valence-electron chi connectivity index (χ3n) is 5.21. The lowest BCUT2D eigenvalue weighted by molar-refractivity contribution is 0.271. The van der Waals surface area contributed by atoms with E-state index in [9.17, 15) is 0 Å². The normalized spacial score (nSPS) is 18.1. The molecule has 0 amide bonds. The molecular formula is C21H22ClN3. The summed E-state index contributed by atoms with van der Waals surface area (Å²) in [6, 6.07) is 11.3. The van der Waals surface area contributed by atoms with E-state index >= 15 is 0 Å². The van der Waals surface area contributed by atoms with Crippen molar-refractivity contribution in [3.63, 3.8) is 0 Å². The van der Waals surface area contributed by atoms with Crippen molar-refractivity contribution in [1.82, 2.24) is 14.9 Å². The van der Waals surface area contributed by atoms with Gasteiger partial charge < -0.3 is 4.90 Å². The summed E-state index contributed by atoms with van der Waals surface area (Å²) >= 11 is 6.27. The fourth-order valence-corrected chi connectivity index (χ4v) is 3.91. The summed E-state index contributed by atoms with van der Waals surface area (Å²) in [5.41, 5.74) is 3.27. The predicted octanol–water partition coefficient (Wildman–Crippen LogP) is 4.98. The van der Waals surface area contributed by atoms with Crippen molar-refractivity contribution in [2.45, 2.75) is 32.2 Å². The third kappa shape index (κ3) is 3.53. The molecule has 128 valence electrons. The number of rotatable bonds is 4. The average Bonchev–Trinajstić information content (AvgIpc) is 3.05. The molecule has 1 aliphatic heterocycles. The van der Waals surface area contributed by atoms with Gasteiger partial charge in [-0.25, -0.2) is 0 Å². The van der Waals surface area contributed by atoms with Crippen LogP contribution in [0.5, 0.6) is 0 Å². The molecule has 2 aromatic heterocycles. The van der Waals surface area contributed by atoms with Gasteiger partial charge in [-0.15, -0.1) is 0 Å². The molecule has 0 spiro atoms. The molecule has 0 radical (unpaired) electrons. The molecule has 3 nitrogen and oxygen atoms in total. The molecule has 1 aliphatic rings. The van der Waals surface area contributed by atoms with E-state index in [0.29, 0.717) is 11.1 Å². The van der Waals surface area contributed by atoms with Gasteiger partial charge in [0.05, 0.1) is 5.02 Å². The van der Waals surface area contributed by atoms with Crippen LogP contribution in [0.1, 0.15) is 25.5 Å². The van der Waals surface area contributed by atoms with Crippen LogP contribution in [0.2, 0.25) is 5.02 Å². The number of halogens is 1. The molecule has 4 rings (SSSR count). The number of benzene rings is 1. The zero-order chi connectivity index (χ0) is 17.2. The van der Waals surface area contributed by atoms with Gasteiger partial charge in [-0.05, 0) is 55.5 Å². The molecule has 0 N–H and O–H groups in total. The second-order valence-corrected chi connectivity index (χ2v) is 7.28. The van der Waals surface area contributed by atoms with Gasteiger partial charge >= 0.3 is 0 Å². The summed E-state index contributed by atoms with van der Waals surface area (Å²) in [4.78, 5) is 11.3. The molecule has 1 aromatic carbocycles. The second-order valence-electron chi connectivity index (χ2n) is 6.87. The van der Waals surface area contributed by atoms with Crippen LogP contribution >= 0.6 is 11.6 Å². The van der Waals surface area contributed by atoms with Crippen molar-refractivity contribution in [2.75, 3.05) is 13.1 Å². The van der Waals surface area contributed by atoms with Crippen molar-refractivity contribution < 1.29 is 0 Å². The Morgan fingerprint density at radius 2 is 2.08 bits per heavy atom. The number of fused-ring (bicyclic) bond motifs is 1. The molecule has 1 atom stereocenters. The molecule has 4 heteroatoms. The zero-order valence-electron chi connectivity index (χ0n) is 14.5. The Hall–Kier alpha value is -1.97. The van der Waals surface area contributed by atoms with Gasteiger partial charge in [-0.2, -0.15) is 0 Å². The fraction of sp³-hybridized carbons (Fsp3) is 0.333. The number of hydrogen-bond donors (Lipinski definition) is 0. The quantitative estimate of drug-likeness (QED) is 0.664. The molecule has 25 heavy (non-hydrogen) atoms. The average molecular weight is 352 g/mol. The van der Waals surface area contributed by atoms with E-state index in [4.69, 9.17) is 11.6 Å². The lowest BCUT2D eigenvalue weighted by Crippen LogP contribution is -2.29. The van der Waals surface area contributed by atoms with Crippen molar-refractivity contribution in [3.8, 4) is 11.1 Å². The van der Waals surface area contributed by atoms with E-state index in [1.54, 1.807) is 12.4 Å². The summed E-state index contributed by atoms with van der Waals surface area (Å²) in [5.74, 6) is 0. The summed E-state index contributed by atoms with van der Waals surface area (Å²) in [7, 11) is 0. The predicted molar refractivity (Wildman–Crippen MR) is 104 cm³/mol. The monoisotopic (exact) mass is 351 g/mol. The first-order chi connectivity index (χ1) is 12.2. The topological polar surface area (TPSA) is 29.0 Å². The van der Waals surface area contributed by atoms with Gasteiger partial charge in [0.25, 0.3) is 0 Å². The van der Waals surface area contributed by atoms with Gasteiger partial charge in [0, 0.05) is 54.2 Å². The maximum Gasteiger partial charge on any atom is 0.0667 e. The minimum Gasteiger partial charge on any atom is -0.300 e. The zero-order valence-corrected chi connectivity index (χ0v) is 15.2. The summed E-state index contributed by atoms with van der Waals surface area (Å²) in [6.45, 7) is 4.65. The first-order valence-electron chi connectivity index (χ1n) is 8.93. The van der Waals surface area contributed by atoms with Crippen molar-refractivity contribution in [3.05, 3.63) is 59.6 Å². The van der Waals surface area contributed by atoms with Crippen LogP contribution < -0.4 is 0 Å². The highest BCUT2D eigenvalue weighted by molar-refractivity contribution is 6.33. The van der Waals surface area contributed by atoms with Gasteiger partial charge in [-0.3, -0.25) is 9.97 Å². The minimum atomic E-state index is 0.672. The van der Waals surface area contributed by atoms with E-state index in [1.165, 1.54) is 30.5 Å². The molecule has 0 bridgehead atoms. The Balaban J connectivity index is 1.55. The van der Waals surface area contributed by atoms with Crippen molar-refractivity contribution in [2.24, 2.45) is 0 Å². The molecule has 1 unspecified atom stereocenters. The lowest BCUT2D eigenvalue weighted by Gasteiger charge is -2.20. The first-order valence-corrected chi connectivity index (χ1v) is 9.31. The number of likely N-dealkylation sites (tertiary alicyclic amines) is 1. The van der Waals surface area contributed by atoms with Crippen molar-refractivity contribution >= 4 is 22.4 Å². The Kier molecular flexibility index (Phi) is 4.69. The minimum absolute atomic E-state index is 0.672. The highest BCUT2D eigenvalue weighted by Crippen LogP contribution is 2.29. The standard InChI is InChI=1S/C21H22ClN3/c1-15-3-2-9-25(15)10-7-19-12-16-4-5-17(11-18(16)13-24-19)20-6-8-23-14-21(20)22/h4-6,8,11-15H,2-3,7,9-10H2,1H3. The maximum atomic E-state index is 6.27. The van der Waals surface area contributed by atoms with Crippen molar-refractivity contribution in [1.29, 1.82) is 0 Å². The van der Waals surface area contributed by atoms with Crippen LogP contribution in [0.4, 0.5) is 0 Å². The number of pyridine rings is 2. The summed E-state index contributed by atoms with van der Waals surface area (Å²) in [6.07, 6.45) is 9.10. The van der Waals surface area contributed by atoms with E-state index in [0.717, 1.165) is 29.5 Å². The Morgan fingerprint density at radius 1 is 1.16 bits per heavy atom. The Labute approximate surface area is 153 Å². The van der Waals surface area contributed by atoms with E-state index < -0.39 is 0 Å². The van der Waals surface area contributed by atoms with E-state index in [-0.39, 0.29) is 0 Å². The molecule has 3 heterocycles. The van der Waals surface area contributed by atoms with Crippen LogP contribution in [0.3, 0.4) is 0 Å². The van der Waals surface area contributed by atoms with Gasteiger partial charge in [0.15, 0.2) is 0 Å². The fourth-order valence-electron chi connectivity index (χ4n) is 3.68. The molecule has 3 aromatic rings. The molecule has 1 saturated heterocycles.